The minimum Gasteiger partial charge on any atom is -0.358 e. The van der Waals surface area contributed by atoms with Crippen LogP contribution >= 0.6 is 0 Å². The predicted molar refractivity (Wildman–Crippen MR) is 62.2 cm³/mol. The fraction of sp³-hybridized carbons (Fsp3) is 0.714. The summed E-state index contributed by atoms with van der Waals surface area (Å²) in [5, 5.41) is 0. The van der Waals surface area contributed by atoms with Crippen molar-refractivity contribution >= 4 is 22.0 Å². The third-order valence-corrected chi connectivity index (χ3v) is 0.371. The summed E-state index contributed by atoms with van der Waals surface area (Å²) >= 11 is 0. The van der Waals surface area contributed by atoms with E-state index in [2.05, 4.69) is 6.92 Å². The second kappa shape index (κ2) is 77.1. The minimum absolute atomic E-state index is 0. The van der Waals surface area contributed by atoms with E-state index in [1.165, 1.54) is 0 Å². The van der Waals surface area contributed by atoms with Crippen molar-refractivity contribution in [3.63, 3.8) is 0 Å². The maximum absolute atomic E-state index is 4.97. The van der Waals surface area contributed by atoms with Crippen molar-refractivity contribution in [1.29, 1.82) is 0 Å². The number of hydrogen-bond donors (Lipinski definition) is 0. The summed E-state index contributed by atoms with van der Waals surface area (Å²) in [5.74, 6) is 0. The summed E-state index contributed by atoms with van der Waals surface area (Å²) in [6, 6.07) is 0. The zero-order valence-electron chi connectivity index (χ0n) is 6.01. The Hall–Kier alpha value is 3.51. The van der Waals surface area contributed by atoms with Gasteiger partial charge in [-0.1, -0.05) is 29.7 Å². The molecule has 0 fully saturated rings. The molecule has 0 heterocycles. The molecule has 0 aliphatic rings. The fourth-order valence-corrected chi connectivity index (χ4v) is 0.118. The van der Waals surface area contributed by atoms with Gasteiger partial charge < -0.3 is 14.4 Å². The summed E-state index contributed by atoms with van der Waals surface area (Å²) in [6.45, 7) is 3.56. The van der Waals surface area contributed by atoms with Crippen molar-refractivity contribution < 1.29 is 98.1 Å². The van der Waals surface area contributed by atoms with Crippen LogP contribution in [0, 0.1) is 14.4 Å². The molecule has 0 bridgehead atoms. The van der Waals surface area contributed by atoms with E-state index in [0.717, 1.165) is 13.5 Å². The molecule has 0 rings (SSSR count). The first-order valence-corrected chi connectivity index (χ1v) is 1.74. The van der Waals surface area contributed by atoms with Crippen LogP contribution in [0.15, 0.2) is 0 Å². The molecule has 6 radical (unpaired) electrons. The summed E-state index contributed by atoms with van der Waals surface area (Å²) in [6.07, 6.45) is 0.913. The molecule has 0 N–H and O–H groups in total. The SMILES string of the molecule is C.C.C.C.[B][B]BC[CH2-].[CH3-].[Y].[Y].[Y]. The van der Waals surface area contributed by atoms with E-state index >= 15 is 0 Å². The zero-order chi connectivity index (χ0) is 4.12. The average molecular weight is 407 g/mol. The molecule has 0 aliphatic heterocycles. The van der Waals surface area contributed by atoms with Crippen LogP contribution in [-0.2, 0) is 98.1 Å². The van der Waals surface area contributed by atoms with E-state index in [9.17, 15) is 0 Å². The summed E-state index contributed by atoms with van der Waals surface area (Å²) in [4.78, 5) is 0. The molecule has 0 aromatic rings. The Morgan fingerprint density at radius 2 is 1.23 bits per heavy atom. The minimum atomic E-state index is 0. The molecule has 0 unspecified atom stereocenters. The van der Waals surface area contributed by atoms with Gasteiger partial charge in [0.25, 0.3) is 0 Å². The van der Waals surface area contributed by atoms with Gasteiger partial charge in [0.1, 0.15) is 0 Å². The van der Waals surface area contributed by atoms with Crippen molar-refractivity contribution in [2.75, 3.05) is 0 Å². The van der Waals surface area contributed by atoms with Crippen LogP contribution in [0.3, 0.4) is 0 Å². The average Bonchev–Trinajstić information content (AvgIpc) is 1.41. The second-order valence-corrected chi connectivity index (χ2v) is 0.878. The van der Waals surface area contributed by atoms with E-state index in [1.807, 2.05) is 0 Å². The standard InChI is InChI=1S/C2H5B3.4CH4.CH3.3Y/c1-2-4-5-3;;;;;;;;/h4H,1-2H2;4*1H4;1H3;;;/q-1;;;;;-1;;;. The zero-order valence-corrected chi connectivity index (χ0v) is 14.5. The Kier molecular flexibility index (Phi) is 418. The first-order chi connectivity index (χ1) is 2.41. The second-order valence-electron chi connectivity index (χ2n) is 0.878. The Labute approximate surface area is 167 Å². The van der Waals surface area contributed by atoms with E-state index in [0.29, 0.717) is 0 Å². The van der Waals surface area contributed by atoms with Crippen molar-refractivity contribution in [2.45, 2.75) is 36.0 Å². The van der Waals surface area contributed by atoms with Crippen LogP contribution in [-0.4, -0.2) is 22.0 Å². The van der Waals surface area contributed by atoms with Gasteiger partial charge in [0, 0.05) is 120 Å². The third kappa shape index (κ3) is 93.3. The molecular weight excluding hydrogens is 383 g/mol. The molecule has 13 heavy (non-hydrogen) atoms. The first kappa shape index (κ1) is 70.4. The summed E-state index contributed by atoms with van der Waals surface area (Å²) in [7, 11) is 7.52. The molecule has 0 saturated carbocycles. The molecule has 0 aromatic heterocycles. The Morgan fingerprint density at radius 3 is 1.23 bits per heavy atom. The number of hydrogen-bond acceptors (Lipinski definition) is 0. The van der Waals surface area contributed by atoms with Crippen LogP contribution in [0.4, 0.5) is 0 Å². The van der Waals surface area contributed by atoms with Crippen molar-refractivity contribution in [3.05, 3.63) is 14.4 Å². The molecule has 0 amide bonds. The van der Waals surface area contributed by atoms with Crippen LogP contribution in [0.25, 0.3) is 0 Å². The van der Waals surface area contributed by atoms with Gasteiger partial charge in [-0.05, 0) is 0 Å². The van der Waals surface area contributed by atoms with E-state index in [-0.39, 0.29) is 135 Å². The fourth-order valence-electron chi connectivity index (χ4n) is 0.118. The normalized spacial score (nSPS) is 2.54. The van der Waals surface area contributed by atoms with Crippen molar-refractivity contribution in [1.82, 2.24) is 0 Å². The molecule has 0 nitrogen and oxygen atoms in total. The van der Waals surface area contributed by atoms with Gasteiger partial charge >= 0.3 is 0 Å². The van der Waals surface area contributed by atoms with E-state index < -0.39 is 0 Å². The smallest absolute Gasteiger partial charge is 0.0412 e. The maximum Gasteiger partial charge on any atom is 0.0412 e. The van der Waals surface area contributed by atoms with Crippen molar-refractivity contribution in [3.8, 4) is 0 Å². The summed E-state index contributed by atoms with van der Waals surface area (Å²) < 4.78 is 0. The Morgan fingerprint density at radius 1 is 1.00 bits per heavy atom. The Balaban J connectivity index is -0.00000000286. The monoisotopic (exact) mass is 408 g/mol. The van der Waals surface area contributed by atoms with Crippen LogP contribution in [0.2, 0.25) is 6.32 Å². The molecule has 72 valence electrons. The van der Waals surface area contributed by atoms with Crippen LogP contribution in [0.1, 0.15) is 29.7 Å². The molecule has 0 saturated heterocycles. The predicted octanol–water partition coefficient (Wildman–Crippen LogP) is 2.37. The van der Waals surface area contributed by atoms with Crippen LogP contribution in [0.5, 0.6) is 0 Å². The quantitative estimate of drug-likeness (QED) is 0.487. The maximum atomic E-state index is 4.97. The molecule has 0 atom stereocenters. The molecule has 0 aliphatic carbocycles. The van der Waals surface area contributed by atoms with Gasteiger partial charge in [-0.3, -0.25) is 0 Å². The Bertz CT molecular complexity index is 26.5. The molecular formula is C7H24B3Y3-2. The van der Waals surface area contributed by atoms with E-state index in [1.54, 1.807) is 7.06 Å². The van der Waals surface area contributed by atoms with Gasteiger partial charge in [0.2, 0.25) is 0 Å². The third-order valence-electron chi connectivity index (χ3n) is 0.371. The molecule has 0 aromatic carbocycles. The topological polar surface area (TPSA) is 0 Å². The van der Waals surface area contributed by atoms with Gasteiger partial charge in [0.15, 0.2) is 0 Å². The van der Waals surface area contributed by atoms with Gasteiger partial charge in [-0.15, -0.1) is 0 Å². The van der Waals surface area contributed by atoms with Crippen LogP contribution < -0.4 is 0 Å². The molecule has 6 heteroatoms. The van der Waals surface area contributed by atoms with Gasteiger partial charge in [-0.2, -0.15) is 0 Å². The molecule has 0 spiro atoms. The van der Waals surface area contributed by atoms with Crippen molar-refractivity contribution in [2.24, 2.45) is 0 Å². The van der Waals surface area contributed by atoms with Gasteiger partial charge in [0.05, 0.1) is 0 Å². The van der Waals surface area contributed by atoms with E-state index in [4.69, 9.17) is 7.74 Å². The largest absolute Gasteiger partial charge is 0.358 e. The van der Waals surface area contributed by atoms with Gasteiger partial charge in [-0.25, -0.2) is 6.32 Å². The number of rotatable bonds is 2. The summed E-state index contributed by atoms with van der Waals surface area (Å²) in [5.41, 5.74) is 0. The first-order valence-electron chi connectivity index (χ1n) is 1.74.